The van der Waals surface area contributed by atoms with Gasteiger partial charge in [-0.3, -0.25) is 14.4 Å². The smallest absolute Gasteiger partial charge is 0.315 e. The molecule has 1 aliphatic heterocycles. The topological polar surface area (TPSA) is 72.9 Å². The Labute approximate surface area is 202 Å². The third-order valence-electron chi connectivity index (χ3n) is 6.80. The zero-order valence-electron chi connectivity index (χ0n) is 17.2. The van der Waals surface area contributed by atoms with Crippen LogP contribution >= 0.6 is 31.9 Å². The number of benzene rings is 2. The lowest BCUT2D eigenvalue weighted by Crippen LogP contribution is -2.37. The number of nitrogens with zero attached hydrogens (tertiary/aromatic N) is 1. The number of ether oxygens (including phenoxy) is 2. The number of imide groups is 1. The van der Waals surface area contributed by atoms with Crippen molar-refractivity contribution in [3.63, 3.8) is 0 Å². The van der Waals surface area contributed by atoms with E-state index >= 15 is 0 Å². The zero-order chi connectivity index (χ0) is 22.6. The van der Waals surface area contributed by atoms with Crippen molar-refractivity contribution in [3.8, 4) is 11.5 Å². The zero-order valence-corrected chi connectivity index (χ0v) is 20.4. The largest absolute Gasteiger partial charge is 0.497 e. The van der Waals surface area contributed by atoms with E-state index in [0.29, 0.717) is 17.2 Å². The van der Waals surface area contributed by atoms with Crippen LogP contribution in [0, 0.1) is 23.7 Å². The number of carbonyl (C=O) groups excluding carboxylic acids is 3. The maximum Gasteiger partial charge on any atom is 0.315 e. The highest BCUT2D eigenvalue weighted by molar-refractivity contribution is 9.12. The van der Waals surface area contributed by atoms with Gasteiger partial charge in [0.05, 0.1) is 31.1 Å². The lowest BCUT2D eigenvalue weighted by atomic mass is 9.81. The number of amides is 2. The van der Waals surface area contributed by atoms with Gasteiger partial charge in [0.1, 0.15) is 11.5 Å². The highest BCUT2D eigenvalue weighted by atomic mass is 79.9. The summed E-state index contributed by atoms with van der Waals surface area (Å²) < 4.78 is 10.6. The molecule has 2 bridgehead atoms. The van der Waals surface area contributed by atoms with E-state index in [1.165, 1.54) is 4.90 Å². The Hall–Kier alpha value is -2.19. The van der Waals surface area contributed by atoms with Gasteiger partial charge in [0.25, 0.3) is 0 Å². The summed E-state index contributed by atoms with van der Waals surface area (Å²) in [5.41, 5.74) is 1.24. The van der Waals surface area contributed by atoms with Crippen molar-refractivity contribution in [2.45, 2.75) is 22.5 Å². The van der Waals surface area contributed by atoms with Crippen LogP contribution in [0.3, 0.4) is 0 Å². The van der Waals surface area contributed by atoms with E-state index in [4.69, 9.17) is 9.47 Å². The average Bonchev–Trinajstić information content (AvgIpc) is 3.39. The molecule has 2 saturated carbocycles. The number of halogens is 2. The summed E-state index contributed by atoms with van der Waals surface area (Å²) >= 11 is 7.40. The molecule has 3 fully saturated rings. The maximum atomic E-state index is 13.2. The number of fused-ring (bicyclic) bond motifs is 5. The summed E-state index contributed by atoms with van der Waals surface area (Å²) in [7, 11) is 1.58. The van der Waals surface area contributed by atoms with Gasteiger partial charge in [-0.05, 0) is 48.1 Å². The first-order valence-electron chi connectivity index (χ1n) is 10.5. The van der Waals surface area contributed by atoms with Gasteiger partial charge < -0.3 is 9.47 Å². The van der Waals surface area contributed by atoms with E-state index in [2.05, 4.69) is 31.9 Å². The summed E-state index contributed by atoms with van der Waals surface area (Å²) in [6.45, 7) is 0. The highest BCUT2D eigenvalue weighted by Crippen LogP contribution is 2.60. The molecule has 5 rings (SSSR count). The second-order valence-corrected chi connectivity index (χ2v) is 10.6. The summed E-state index contributed by atoms with van der Waals surface area (Å²) in [6, 6.07) is 13.8. The summed E-state index contributed by atoms with van der Waals surface area (Å²) in [6.07, 6.45) is 0.984. The SMILES string of the molecule is COc1ccc(CC(=O)Oc2cccc(N3C(=O)C4C5CC(C(Br)C5Br)C4C3=O)c2)cc1. The molecule has 1 heterocycles. The van der Waals surface area contributed by atoms with E-state index < -0.39 is 5.97 Å². The van der Waals surface area contributed by atoms with E-state index in [0.717, 1.165) is 12.0 Å². The standard InChI is InChI=1S/C24H21Br2NO5/c1-31-14-7-5-12(6-8-14)9-18(28)32-15-4-2-3-13(10-15)27-23(29)19-16-11-17(20(19)24(27)30)22(26)21(16)25/h2-8,10,16-17,19-22H,9,11H2,1H3. The molecule has 2 aromatic rings. The van der Waals surface area contributed by atoms with Crippen molar-refractivity contribution in [1.82, 2.24) is 0 Å². The summed E-state index contributed by atoms with van der Waals surface area (Å²) in [5, 5.41) is 0. The fraction of sp³-hybridized carbons (Fsp3) is 0.375. The third kappa shape index (κ3) is 3.48. The molecular formula is C24H21Br2NO5. The minimum absolute atomic E-state index is 0.0998. The van der Waals surface area contributed by atoms with Crippen LogP contribution in [0.25, 0.3) is 0 Å². The molecular weight excluding hydrogens is 542 g/mol. The third-order valence-corrected chi connectivity index (χ3v) is 10.0. The van der Waals surface area contributed by atoms with Gasteiger partial charge in [-0.2, -0.15) is 0 Å². The van der Waals surface area contributed by atoms with E-state index in [-0.39, 0.29) is 51.6 Å². The number of methoxy groups -OCH3 is 1. The van der Waals surface area contributed by atoms with Crippen molar-refractivity contribution in [2.24, 2.45) is 23.7 Å². The van der Waals surface area contributed by atoms with Crippen LogP contribution in [0.4, 0.5) is 5.69 Å². The minimum atomic E-state index is -0.425. The van der Waals surface area contributed by atoms with Crippen molar-refractivity contribution in [1.29, 1.82) is 0 Å². The molecule has 166 valence electrons. The van der Waals surface area contributed by atoms with E-state index in [1.54, 1.807) is 55.6 Å². The molecule has 6 unspecified atom stereocenters. The predicted octanol–water partition coefficient (Wildman–Crippen LogP) is 4.13. The summed E-state index contributed by atoms with van der Waals surface area (Å²) in [5.74, 6) is 0.0204. The molecule has 32 heavy (non-hydrogen) atoms. The molecule has 2 aliphatic carbocycles. The number of alkyl halides is 2. The predicted molar refractivity (Wildman–Crippen MR) is 125 cm³/mol. The number of hydrogen-bond acceptors (Lipinski definition) is 5. The minimum Gasteiger partial charge on any atom is -0.497 e. The van der Waals surface area contributed by atoms with Crippen LogP contribution in [-0.2, 0) is 20.8 Å². The quantitative estimate of drug-likeness (QED) is 0.237. The lowest BCUT2D eigenvalue weighted by Gasteiger charge is -2.28. The summed E-state index contributed by atoms with van der Waals surface area (Å²) in [4.78, 5) is 40.5. The molecule has 0 radical (unpaired) electrons. The van der Waals surface area contributed by atoms with E-state index in [1.807, 2.05) is 0 Å². The van der Waals surface area contributed by atoms with Crippen LogP contribution in [0.5, 0.6) is 11.5 Å². The second-order valence-electron chi connectivity index (χ2n) is 8.51. The Bertz CT molecular complexity index is 1060. The van der Waals surface area contributed by atoms with Crippen molar-refractivity contribution >= 4 is 55.3 Å². The number of hydrogen-bond donors (Lipinski definition) is 0. The molecule has 6 atom stereocenters. The van der Waals surface area contributed by atoms with Gasteiger partial charge in [-0.25, -0.2) is 4.90 Å². The van der Waals surface area contributed by atoms with Crippen molar-refractivity contribution < 1.29 is 23.9 Å². The van der Waals surface area contributed by atoms with Crippen molar-refractivity contribution in [2.75, 3.05) is 12.0 Å². The Balaban J connectivity index is 1.31. The fourth-order valence-electron chi connectivity index (χ4n) is 5.37. The molecule has 6 nitrogen and oxygen atoms in total. The van der Waals surface area contributed by atoms with Gasteiger partial charge in [-0.15, -0.1) is 0 Å². The van der Waals surface area contributed by atoms with Crippen LogP contribution in [0.15, 0.2) is 48.5 Å². The van der Waals surface area contributed by atoms with Gasteiger partial charge in [0, 0.05) is 15.7 Å². The lowest BCUT2D eigenvalue weighted by molar-refractivity contribution is -0.133. The molecule has 1 saturated heterocycles. The normalized spacial score (nSPS) is 30.5. The number of esters is 1. The van der Waals surface area contributed by atoms with Crippen molar-refractivity contribution in [3.05, 3.63) is 54.1 Å². The average molecular weight is 563 g/mol. The number of rotatable bonds is 5. The Morgan fingerprint density at radius 1 is 0.969 bits per heavy atom. The molecule has 3 aliphatic rings. The van der Waals surface area contributed by atoms with Gasteiger partial charge >= 0.3 is 5.97 Å². The van der Waals surface area contributed by atoms with Crippen LogP contribution in [-0.4, -0.2) is 34.5 Å². The molecule has 2 amide bonds. The first-order chi connectivity index (χ1) is 15.4. The number of anilines is 1. The fourth-order valence-corrected chi connectivity index (χ4v) is 7.24. The van der Waals surface area contributed by atoms with Gasteiger partial charge in [0.15, 0.2) is 0 Å². The van der Waals surface area contributed by atoms with Gasteiger partial charge in [0.2, 0.25) is 11.8 Å². The number of carbonyl (C=O) groups is 3. The Morgan fingerprint density at radius 2 is 1.59 bits per heavy atom. The first-order valence-corrected chi connectivity index (χ1v) is 12.3. The van der Waals surface area contributed by atoms with Crippen LogP contribution < -0.4 is 14.4 Å². The Kier molecular flexibility index (Phi) is 5.61. The highest BCUT2D eigenvalue weighted by Gasteiger charge is 2.66. The van der Waals surface area contributed by atoms with Crippen LogP contribution in [0.1, 0.15) is 12.0 Å². The molecule has 2 aromatic carbocycles. The van der Waals surface area contributed by atoms with Crippen LogP contribution in [0.2, 0.25) is 0 Å². The van der Waals surface area contributed by atoms with Gasteiger partial charge in [-0.1, -0.05) is 50.1 Å². The Morgan fingerprint density at radius 3 is 2.19 bits per heavy atom. The van der Waals surface area contributed by atoms with E-state index in [9.17, 15) is 14.4 Å². The monoisotopic (exact) mass is 561 g/mol. The molecule has 0 N–H and O–H groups in total. The molecule has 0 spiro atoms. The molecule has 8 heteroatoms. The maximum absolute atomic E-state index is 13.2. The first kappa shape index (κ1) is 21.6. The molecule has 0 aromatic heterocycles. The second kappa shape index (κ2) is 8.30.